The number of rotatable bonds is 7. The Balaban J connectivity index is 1.40. The largest absolute Gasteiger partial charge is 0.476 e. The summed E-state index contributed by atoms with van der Waals surface area (Å²) in [7, 11) is 1.64. The van der Waals surface area contributed by atoms with E-state index in [2.05, 4.69) is 15.5 Å². The third-order valence-corrected chi connectivity index (χ3v) is 7.74. The van der Waals surface area contributed by atoms with Crippen LogP contribution in [0.5, 0.6) is 0 Å². The number of amides is 1. The van der Waals surface area contributed by atoms with Crippen molar-refractivity contribution in [2.24, 2.45) is 0 Å². The van der Waals surface area contributed by atoms with E-state index in [1.165, 1.54) is 29.1 Å². The van der Waals surface area contributed by atoms with E-state index >= 15 is 0 Å². The standard InChI is InChI=1S/C24H26N4O5S/c1-28-10-9-24(32,23(28)31)19-12-17(27-33-19)14-5-4-6-15(11-14)21-26-20(22(29)30)18(34-21)13-25-16-7-2-3-8-16/h4-6,11-12,16,25,32H,2-3,7-10,13H2,1H3,(H,29,30). The minimum absolute atomic E-state index is 0.0747. The highest BCUT2D eigenvalue weighted by Crippen LogP contribution is 2.36. The molecule has 5 rings (SSSR count). The molecule has 2 aromatic heterocycles. The summed E-state index contributed by atoms with van der Waals surface area (Å²) in [6.07, 6.45) is 4.89. The number of benzene rings is 1. The Hall–Kier alpha value is -3.08. The number of likely N-dealkylation sites (N-methyl/N-ethyl adjacent to an activating group) is 1. The van der Waals surface area contributed by atoms with Crippen molar-refractivity contribution in [1.82, 2.24) is 20.4 Å². The minimum atomic E-state index is -1.70. The molecule has 10 heteroatoms. The molecule has 1 atom stereocenters. The maximum Gasteiger partial charge on any atom is 0.355 e. The van der Waals surface area contributed by atoms with Crippen molar-refractivity contribution in [3.05, 3.63) is 46.7 Å². The van der Waals surface area contributed by atoms with Crippen molar-refractivity contribution < 1.29 is 24.3 Å². The zero-order valence-electron chi connectivity index (χ0n) is 18.8. The third kappa shape index (κ3) is 4.13. The van der Waals surface area contributed by atoms with Crippen molar-refractivity contribution >= 4 is 23.2 Å². The van der Waals surface area contributed by atoms with Gasteiger partial charge in [0.25, 0.3) is 5.91 Å². The van der Waals surface area contributed by atoms with E-state index in [1.54, 1.807) is 13.1 Å². The average Bonchev–Trinajstić information content (AvgIpc) is 3.63. The van der Waals surface area contributed by atoms with E-state index in [0.717, 1.165) is 18.4 Å². The van der Waals surface area contributed by atoms with E-state index in [9.17, 15) is 19.8 Å². The molecule has 1 saturated heterocycles. The Morgan fingerprint density at radius 3 is 2.76 bits per heavy atom. The van der Waals surface area contributed by atoms with Crippen molar-refractivity contribution in [3.63, 3.8) is 0 Å². The van der Waals surface area contributed by atoms with Crippen LogP contribution in [0, 0.1) is 0 Å². The lowest BCUT2D eigenvalue weighted by atomic mass is 9.98. The number of nitrogens with one attached hydrogen (secondary N) is 1. The van der Waals surface area contributed by atoms with E-state index in [0.29, 0.717) is 40.3 Å². The van der Waals surface area contributed by atoms with Gasteiger partial charge in [0, 0.05) is 49.8 Å². The summed E-state index contributed by atoms with van der Waals surface area (Å²) < 4.78 is 5.36. The fourth-order valence-electron chi connectivity index (χ4n) is 4.63. The summed E-state index contributed by atoms with van der Waals surface area (Å²) in [6, 6.07) is 9.40. The molecule has 1 aliphatic carbocycles. The molecule has 1 aromatic carbocycles. The molecule has 0 spiro atoms. The van der Waals surface area contributed by atoms with Crippen LogP contribution in [0.1, 0.15) is 53.2 Å². The lowest BCUT2D eigenvalue weighted by Crippen LogP contribution is -2.35. The van der Waals surface area contributed by atoms with Crippen molar-refractivity contribution in [1.29, 1.82) is 0 Å². The van der Waals surface area contributed by atoms with E-state index in [4.69, 9.17) is 4.52 Å². The highest BCUT2D eigenvalue weighted by Gasteiger charge is 2.48. The fraction of sp³-hybridized carbons (Fsp3) is 0.417. The normalized spacial score (nSPS) is 21.0. The Bertz CT molecular complexity index is 1230. The number of hydrogen-bond acceptors (Lipinski definition) is 8. The third-order valence-electron chi connectivity index (χ3n) is 6.64. The SMILES string of the molecule is CN1CCC(O)(c2cc(-c3cccc(-c4nc(C(=O)O)c(CNC5CCCC5)s4)c3)no2)C1=O. The predicted molar refractivity (Wildman–Crippen MR) is 125 cm³/mol. The maximum atomic E-state index is 12.4. The number of aromatic nitrogens is 2. The number of thiazole rings is 1. The lowest BCUT2D eigenvalue weighted by molar-refractivity contribution is -0.144. The maximum absolute atomic E-state index is 12.4. The second-order valence-corrected chi connectivity index (χ2v) is 10.0. The van der Waals surface area contributed by atoms with Gasteiger partial charge >= 0.3 is 5.97 Å². The lowest BCUT2D eigenvalue weighted by Gasteiger charge is -2.16. The summed E-state index contributed by atoms with van der Waals surface area (Å²) in [4.78, 5) is 30.7. The first-order valence-electron chi connectivity index (χ1n) is 11.4. The van der Waals surface area contributed by atoms with Gasteiger partial charge in [0.2, 0.25) is 5.60 Å². The van der Waals surface area contributed by atoms with Gasteiger partial charge in [-0.1, -0.05) is 36.2 Å². The van der Waals surface area contributed by atoms with Crippen LogP contribution in [0.15, 0.2) is 34.9 Å². The molecule has 9 nitrogen and oxygen atoms in total. The number of hydrogen-bond donors (Lipinski definition) is 3. The zero-order valence-corrected chi connectivity index (χ0v) is 19.6. The minimum Gasteiger partial charge on any atom is -0.476 e. The number of nitrogens with zero attached hydrogens (tertiary/aromatic N) is 3. The van der Waals surface area contributed by atoms with E-state index in [-0.39, 0.29) is 17.9 Å². The van der Waals surface area contributed by atoms with E-state index in [1.807, 2.05) is 24.3 Å². The molecule has 1 amide bonds. The molecule has 178 valence electrons. The number of likely N-dealkylation sites (tertiary alicyclic amines) is 1. The van der Waals surface area contributed by atoms with Crippen LogP contribution in [0.3, 0.4) is 0 Å². The van der Waals surface area contributed by atoms with Gasteiger partial charge in [-0.2, -0.15) is 0 Å². The summed E-state index contributed by atoms with van der Waals surface area (Å²) in [5.41, 5.74) is 0.325. The summed E-state index contributed by atoms with van der Waals surface area (Å²) in [5, 5.41) is 28.6. The number of aliphatic hydroxyl groups is 1. The first kappa shape index (κ1) is 22.7. The Morgan fingerprint density at radius 1 is 1.29 bits per heavy atom. The Kier molecular flexibility index (Phi) is 5.97. The molecule has 3 heterocycles. The van der Waals surface area contributed by atoms with Crippen molar-refractivity contribution in [2.45, 2.75) is 50.3 Å². The number of carbonyl (C=O) groups excluding carboxylic acids is 1. The zero-order chi connectivity index (χ0) is 23.9. The highest BCUT2D eigenvalue weighted by atomic mass is 32.1. The second kappa shape index (κ2) is 8.94. The summed E-state index contributed by atoms with van der Waals surface area (Å²) >= 11 is 1.37. The molecular formula is C24H26N4O5S. The highest BCUT2D eigenvalue weighted by molar-refractivity contribution is 7.15. The molecule has 2 aliphatic rings. The van der Waals surface area contributed by atoms with E-state index < -0.39 is 17.5 Å². The molecule has 0 bridgehead atoms. The topological polar surface area (TPSA) is 129 Å². The Labute approximate surface area is 200 Å². The number of carboxylic acid groups (broad SMARTS) is 1. The van der Waals surface area contributed by atoms with Crippen LogP contribution in [-0.2, 0) is 16.9 Å². The van der Waals surface area contributed by atoms with Gasteiger partial charge < -0.3 is 25.0 Å². The number of aromatic carboxylic acids is 1. The molecule has 34 heavy (non-hydrogen) atoms. The van der Waals surface area contributed by atoms with Crippen molar-refractivity contribution in [2.75, 3.05) is 13.6 Å². The number of carbonyl (C=O) groups is 2. The van der Waals surface area contributed by atoms with Gasteiger partial charge in [0.05, 0.1) is 4.88 Å². The van der Waals surface area contributed by atoms with Gasteiger partial charge in [0.15, 0.2) is 11.5 Å². The summed E-state index contributed by atoms with van der Waals surface area (Å²) in [6.45, 7) is 0.923. The summed E-state index contributed by atoms with van der Waals surface area (Å²) in [5.74, 6) is -1.33. The molecule has 2 fully saturated rings. The first-order chi connectivity index (χ1) is 16.3. The molecule has 1 unspecified atom stereocenters. The van der Waals surface area contributed by atoms with Crippen LogP contribution in [0.4, 0.5) is 0 Å². The fourth-order valence-corrected chi connectivity index (χ4v) is 5.63. The van der Waals surface area contributed by atoms with Crippen LogP contribution < -0.4 is 5.32 Å². The molecule has 3 aromatic rings. The Morgan fingerprint density at radius 2 is 2.06 bits per heavy atom. The van der Waals surface area contributed by atoms with Gasteiger partial charge in [0.1, 0.15) is 10.7 Å². The molecular weight excluding hydrogens is 456 g/mol. The van der Waals surface area contributed by atoms with Gasteiger partial charge in [-0.3, -0.25) is 4.79 Å². The number of carboxylic acids is 1. The quantitative estimate of drug-likeness (QED) is 0.468. The molecule has 0 radical (unpaired) electrons. The second-order valence-electron chi connectivity index (χ2n) is 8.95. The van der Waals surface area contributed by atoms with Crippen LogP contribution in [0.2, 0.25) is 0 Å². The average molecular weight is 483 g/mol. The van der Waals surface area contributed by atoms with Crippen molar-refractivity contribution in [3.8, 4) is 21.8 Å². The first-order valence-corrected chi connectivity index (χ1v) is 12.2. The monoisotopic (exact) mass is 482 g/mol. The van der Waals surface area contributed by atoms with Gasteiger partial charge in [-0.25, -0.2) is 9.78 Å². The molecule has 3 N–H and O–H groups in total. The van der Waals surface area contributed by atoms with Crippen LogP contribution in [-0.4, -0.2) is 56.8 Å². The van der Waals surface area contributed by atoms with Gasteiger partial charge in [-0.05, 0) is 18.9 Å². The predicted octanol–water partition coefficient (Wildman–Crippen LogP) is 3.25. The van der Waals surface area contributed by atoms with Crippen LogP contribution in [0.25, 0.3) is 21.8 Å². The van der Waals surface area contributed by atoms with Crippen LogP contribution >= 0.6 is 11.3 Å². The smallest absolute Gasteiger partial charge is 0.355 e. The molecule has 1 aliphatic heterocycles. The van der Waals surface area contributed by atoms with Gasteiger partial charge in [-0.15, -0.1) is 11.3 Å². The molecule has 1 saturated carbocycles.